The minimum absolute atomic E-state index is 0.311. The molecule has 1 aliphatic carbocycles. The third-order valence-electron chi connectivity index (χ3n) is 2.95. The average Bonchev–Trinajstić information content (AvgIpc) is 2.68. The zero-order valence-corrected chi connectivity index (χ0v) is 10.7. The van der Waals surface area contributed by atoms with Gasteiger partial charge in [-0.05, 0) is 31.0 Å². The topological polar surface area (TPSA) is 12.0 Å². The van der Waals surface area contributed by atoms with Crippen LogP contribution in [0.4, 0.5) is 18.9 Å². The van der Waals surface area contributed by atoms with E-state index in [4.69, 9.17) is 0 Å². The van der Waals surface area contributed by atoms with E-state index in [1.54, 1.807) is 6.07 Å². The summed E-state index contributed by atoms with van der Waals surface area (Å²) in [4.78, 5) is 0. The van der Waals surface area contributed by atoms with E-state index >= 15 is 0 Å². The molecule has 1 saturated carbocycles. The lowest BCUT2D eigenvalue weighted by Gasteiger charge is -2.16. The maximum absolute atomic E-state index is 12.6. The molecule has 1 nitrogen and oxygen atoms in total. The van der Waals surface area contributed by atoms with Crippen LogP contribution in [0.25, 0.3) is 0 Å². The molecular weight excluding hydrogens is 295 g/mol. The Hall–Kier alpha value is -0.710. The van der Waals surface area contributed by atoms with Gasteiger partial charge in [-0.2, -0.15) is 13.2 Å². The molecule has 1 fully saturated rings. The normalized spacial score (nSPS) is 17.4. The third kappa shape index (κ3) is 3.37. The zero-order valence-electron chi connectivity index (χ0n) is 9.15. The minimum atomic E-state index is -4.30. The molecule has 0 unspecified atom stereocenters. The van der Waals surface area contributed by atoms with Crippen molar-refractivity contribution in [3.63, 3.8) is 0 Å². The van der Waals surface area contributed by atoms with E-state index in [0.717, 1.165) is 31.7 Å². The number of alkyl halides is 3. The molecule has 1 aromatic carbocycles. The molecule has 1 aromatic rings. The molecule has 0 atom stereocenters. The van der Waals surface area contributed by atoms with Gasteiger partial charge in [-0.25, -0.2) is 0 Å². The highest BCUT2D eigenvalue weighted by Crippen LogP contribution is 2.34. The second kappa shape index (κ2) is 4.88. The second-order valence-corrected chi connectivity index (χ2v) is 5.27. The lowest BCUT2D eigenvalue weighted by Crippen LogP contribution is -2.15. The van der Waals surface area contributed by atoms with Crippen molar-refractivity contribution in [1.82, 2.24) is 0 Å². The zero-order chi connectivity index (χ0) is 12.5. The average molecular weight is 308 g/mol. The van der Waals surface area contributed by atoms with Crippen LogP contribution in [0.5, 0.6) is 0 Å². The van der Waals surface area contributed by atoms with E-state index in [1.807, 2.05) is 0 Å². The van der Waals surface area contributed by atoms with Crippen LogP contribution >= 0.6 is 15.9 Å². The van der Waals surface area contributed by atoms with Gasteiger partial charge in [-0.1, -0.05) is 28.8 Å². The Morgan fingerprint density at radius 3 is 2.35 bits per heavy atom. The highest BCUT2D eigenvalue weighted by Gasteiger charge is 2.31. The Kier molecular flexibility index (Phi) is 3.66. The fraction of sp³-hybridized carbons (Fsp3) is 0.500. The molecule has 5 heteroatoms. The van der Waals surface area contributed by atoms with Crippen molar-refractivity contribution < 1.29 is 13.2 Å². The largest absolute Gasteiger partial charge is 0.416 e. The summed E-state index contributed by atoms with van der Waals surface area (Å²) in [6.07, 6.45) is 0.0766. The fourth-order valence-corrected chi connectivity index (χ4v) is 2.64. The molecule has 94 valence electrons. The summed E-state index contributed by atoms with van der Waals surface area (Å²) in [6.45, 7) is 0. The van der Waals surface area contributed by atoms with Crippen LogP contribution in [0.2, 0.25) is 0 Å². The Morgan fingerprint density at radius 1 is 1.12 bits per heavy atom. The fourth-order valence-electron chi connectivity index (χ4n) is 2.14. The van der Waals surface area contributed by atoms with Gasteiger partial charge in [-0.15, -0.1) is 0 Å². The van der Waals surface area contributed by atoms with E-state index in [9.17, 15) is 13.2 Å². The lowest BCUT2D eigenvalue weighted by molar-refractivity contribution is -0.137. The first-order chi connectivity index (χ1) is 7.95. The Morgan fingerprint density at radius 2 is 1.76 bits per heavy atom. The standard InChI is InChI=1S/C12H13BrF3N/c13-9-5-8(12(14,15)16)6-11(7-9)17-10-3-1-2-4-10/h5-7,10,17H,1-4H2. The molecule has 1 aliphatic rings. The molecule has 0 aromatic heterocycles. The van der Waals surface area contributed by atoms with E-state index in [0.29, 0.717) is 16.2 Å². The summed E-state index contributed by atoms with van der Waals surface area (Å²) < 4.78 is 38.3. The number of halogens is 4. The third-order valence-corrected chi connectivity index (χ3v) is 3.41. The Labute approximate surface area is 107 Å². The maximum atomic E-state index is 12.6. The van der Waals surface area contributed by atoms with Gasteiger partial charge < -0.3 is 5.32 Å². The highest BCUT2D eigenvalue weighted by molar-refractivity contribution is 9.10. The molecule has 0 heterocycles. The number of anilines is 1. The van der Waals surface area contributed by atoms with Gasteiger partial charge in [0.05, 0.1) is 5.56 Å². The van der Waals surface area contributed by atoms with Crippen LogP contribution in [0, 0.1) is 0 Å². The van der Waals surface area contributed by atoms with Crippen molar-refractivity contribution in [3.8, 4) is 0 Å². The second-order valence-electron chi connectivity index (χ2n) is 4.35. The molecule has 0 saturated heterocycles. The summed E-state index contributed by atoms with van der Waals surface area (Å²) >= 11 is 3.11. The van der Waals surface area contributed by atoms with Gasteiger partial charge >= 0.3 is 6.18 Å². The van der Waals surface area contributed by atoms with Gasteiger partial charge in [0.25, 0.3) is 0 Å². The molecule has 0 aliphatic heterocycles. The smallest absolute Gasteiger partial charge is 0.382 e. The predicted molar refractivity (Wildman–Crippen MR) is 65.0 cm³/mol. The van der Waals surface area contributed by atoms with E-state index in [2.05, 4.69) is 21.2 Å². The van der Waals surface area contributed by atoms with Gasteiger partial charge in [0.15, 0.2) is 0 Å². The van der Waals surface area contributed by atoms with Crippen molar-refractivity contribution in [2.45, 2.75) is 37.9 Å². The van der Waals surface area contributed by atoms with Crippen LogP contribution in [-0.4, -0.2) is 6.04 Å². The van der Waals surface area contributed by atoms with Crippen molar-refractivity contribution in [3.05, 3.63) is 28.2 Å². The van der Waals surface area contributed by atoms with E-state index in [1.165, 1.54) is 6.07 Å². The van der Waals surface area contributed by atoms with Gasteiger partial charge in [-0.3, -0.25) is 0 Å². The quantitative estimate of drug-likeness (QED) is 0.826. The molecule has 0 bridgehead atoms. The summed E-state index contributed by atoms with van der Waals surface area (Å²) in [5.41, 5.74) is -0.0778. The SMILES string of the molecule is FC(F)(F)c1cc(Br)cc(NC2CCCC2)c1. The summed E-state index contributed by atoms with van der Waals surface area (Å²) in [5, 5.41) is 3.16. The Balaban J connectivity index is 2.19. The first-order valence-electron chi connectivity index (χ1n) is 5.59. The van der Waals surface area contributed by atoms with Crippen LogP contribution in [0.15, 0.2) is 22.7 Å². The monoisotopic (exact) mass is 307 g/mol. The first kappa shape index (κ1) is 12.7. The molecule has 0 amide bonds. The van der Waals surface area contributed by atoms with Crippen molar-refractivity contribution in [1.29, 1.82) is 0 Å². The van der Waals surface area contributed by atoms with Gasteiger partial charge in [0.2, 0.25) is 0 Å². The molecule has 0 radical (unpaired) electrons. The van der Waals surface area contributed by atoms with Crippen molar-refractivity contribution in [2.24, 2.45) is 0 Å². The van der Waals surface area contributed by atoms with Crippen LogP contribution in [0.1, 0.15) is 31.2 Å². The molecular formula is C12H13BrF3N. The molecule has 0 spiro atoms. The predicted octanol–water partition coefficient (Wildman–Crippen LogP) is 4.82. The summed E-state index contributed by atoms with van der Waals surface area (Å²) in [5.74, 6) is 0. The number of hydrogen-bond acceptors (Lipinski definition) is 1. The lowest BCUT2D eigenvalue weighted by atomic mass is 10.1. The molecule has 2 rings (SSSR count). The molecule has 17 heavy (non-hydrogen) atoms. The number of rotatable bonds is 2. The van der Waals surface area contributed by atoms with Crippen molar-refractivity contribution in [2.75, 3.05) is 5.32 Å². The van der Waals surface area contributed by atoms with Crippen molar-refractivity contribution >= 4 is 21.6 Å². The number of benzene rings is 1. The van der Waals surface area contributed by atoms with Crippen LogP contribution in [0.3, 0.4) is 0 Å². The van der Waals surface area contributed by atoms with Crippen LogP contribution < -0.4 is 5.32 Å². The molecule has 1 N–H and O–H groups in total. The number of hydrogen-bond donors (Lipinski definition) is 1. The Bertz CT molecular complexity index is 397. The summed E-state index contributed by atoms with van der Waals surface area (Å²) in [6, 6.07) is 4.27. The first-order valence-corrected chi connectivity index (χ1v) is 6.39. The van der Waals surface area contributed by atoms with E-state index < -0.39 is 11.7 Å². The maximum Gasteiger partial charge on any atom is 0.416 e. The van der Waals surface area contributed by atoms with Gasteiger partial charge in [0.1, 0.15) is 0 Å². The summed E-state index contributed by atoms with van der Waals surface area (Å²) in [7, 11) is 0. The number of nitrogens with one attached hydrogen (secondary N) is 1. The highest BCUT2D eigenvalue weighted by atomic mass is 79.9. The minimum Gasteiger partial charge on any atom is -0.382 e. The van der Waals surface area contributed by atoms with Gasteiger partial charge in [0, 0.05) is 16.2 Å². The van der Waals surface area contributed by atoms with E-state index in [-0.39, 0.29) is 0 Å². The van der Waals surface area contributed by atoms with Crippen LogP contribution in [-0.2, 0) is 6.18 Å².